The van der Waals surface area contributed by atoms with Gasteiger partial charge in [-0.2, -0.15) is 5.10 Å². The first-order valence-electron chi connectivity index (χ1n) is 9.95. The molecule has 7 heteroatoms. The summed E-state index contributed by atoms with van der Waals surface area (Å²) >= 11 is 0. The zero-order chi connectivity index (χ0) is 21.3. The van der Waals surface area contributed by atoms with Crippen LogP contribution in [-0.2, 0) is 4.79 Å². The summed E-state index contributed by atoms with van der Waals surface area (Å²) in [6.45, 7) is 6.93. The number of carbonyl (C=O) groups excluding carboxylic acids is 1. The number of aromatic amines is 1. The molecule has 2 aromatic carbocycles. The van der Waals surface area contributed by atoms with Gasteiger partial charge in [-0.25, -0.2) is 0 Å². The van der Waals surface area contributed by atoms with E-state index < -0.39 is 0 Å². The number of aryl methyl sites for hydroxylation is 1. The molecule has 1 unspecified atom stereocenters. The number of fused-ring (bicyclic) bond motifs is 1. The number of amides is 1. The van der Waals surface area contributed by atoms with Crippen molar-refractivity contribution >= 4 is 28.2 Å². The molecule has 1 amide bonds. The lowest BCUT2D eigenvalue weighted by atomic mass is 9.93. The number of aromatic nitrogens is 2. The second-order valence-electron chi connectivity index (χ2n) is 7.55. The van der Waals surface area contributed by atoms with Crippen LogP contribution in [-0.4, -0.2) is 40.1 Å². The Labute approximate surface area is 175 Å². The van der Waals surface area contributed by atoms with Crippen molar-refractivity contribution in [2.75, 3.05) is 18.8 Å². The van der Waals surface area contributed by atoms with Gasteiger partial charge in [0.05, 0.1) is 17.4 Å². The van der Waals surface area contributed by atoms with E-state index in [0.717, 1.165) is 45.3 Å². The van der Waals surface area contributed by atoms with E-state index >= 15 is 0 Å². The number of rotatable bonds is 5. The average Bonchev–Trinajstić information content (AvgIpc) is 3.42. The van der Waals surface area contributed by atoms with E-state index in [2.05, 4.69) is 35.1 Å². The average molecular weight is 403 g/mol. The molecular formula is C23H26N6O. The first-order valence-corrected chi connectivity index (χ1v) is 9.95. The molecule has 3 aromatic rings. The second-order valence-corrected chi connectivity index (χ2v) is 7.55. The lowest BCUT2D eigenvalue weighted by Crippen LogP contribution is -2.34. The first kappa shape index (κ1) is 19.6. The van der Waals surface area contributed by atoms with Crippen LogP contribution in [0.25, 0.3) is 27.7 Å². The largest absolute Gasteiger partial charge is 0.403 e. The quantitative estimate of drug-likeness (QED) is 0.387. The van der Waals surface area contributed by atoms with Crippen molar-refractivity contribution in [3.63, 3.8) is 0 Å². The molecule has 0 radical (unpaired) electrons. The molecule has 4 rings (SSSR count). The van der Waals surface area contributed by atoms with Gasteiger partial charge in [0.1, 0.15) is 0 Å². The van der Waals surface area contributed by atoms with Gasteiger partial charge in [-0.3, -0.25) is 9.89 Å². The molecule has 154 valence electrons. The number of nitrogens with zero attached hydrogens (tertiary/aromatic N) is 2. The van der Waals surface area contributed by atoms with Crippen LogP contribution in [0.5, 0.6) is 0 Å². The SMILES string of the molecule is C=CC(=O)N1CCC(N/C(=C/N)c2cccc(-c3c(C)ccc4[nH]ncc34)c2N)C1. The van der Waals surface area contributed by atoms with Crippen molar-refractivity contribution in [2.24, 2.45) is 5.73 Å². The number of H-pyrrole nitrogens is 1. The topological polar surface area (TPSA) is 113 Å². The minimum absolute atomic E-state index is 0.0530. The minimum atomic E-state index is -0.0530. The molecule has 6 N–H and O–H groups in total. The normalized spacial score (nSPS) is 16.8. The van der Waals surface area contributed by atoms with Crippen LogP contribution in [0.4, 0.5) is 5.69 Å². The first-order chi connectivity index (χ1) is 14.5. The summed E-state index contributed by atoms with van der Waals surface area (Å²) in [6, 6.07) is 10.1. The van der Waals surface area contributed by atoms with Gasteiger partial charge in [0.2, 0.25) is 5.91 Å². The van der Waals surface area contributed by atoms with Gasteiger partial charge < -0.3 is 21.7 Å². The highest BCUT2D eigenvalue weighted by atomic mass is 16.2. The van der Waals surface area contributed by atoms with E-state index in [9.17, 15) is 4.79 Å². The molecule has 1 aliphatic rings. The van der Waals surface area contributed by atoms with Crippen molar-refractivity contribution in [3.05, 3.63) is 66.5 Å². The Kier molecular flexibility index (Phi) is 5.18. The molecule has 0 bridgehead atoms. The summed E-state index contributed by atoms with van der Waals surface area (Å²) in [5.41, 5.74) is 18.9. The number of carbonyl (C=O) groups is 1. The molecule has 1 atom stereocenters. The van der Waals surface area contributed by atoms with E-state index in [0.29, 0.717) is 18.8 Å². The van der Waals surface area contributed by atoms with Gasteiger partial charge in [0.15, 0.2) is 0 Å². The number of hydrogen-bond donors (Lipinski definition) is 4. The van der Waals surface area contributed by atoms with Crippen molar-refractivity contribution in [2.45, 2.75) is 19.4 Å². The molecule has 1 fully saturated rings. The van der Waals surface area contributed by atoms with Gasteiger partial charge >= 0.3 is 0 Å². The molecular weight excluding hydrogens is 376 g/mol. The monoisotopic (exact) mass is 402 g/mol. The van der Waals surface area contributed by atoms with Gasteiger partial charge in [-0.15, -0.1) is 0 Å². The third kappa shape index (κ3) is 3.39. The molecule has 0 spiro atoms. The smallest absolute Gasteiger partial charge is 0.246 e. The maximum atomic E-state index is 11.9. The summed E-state index contributed by atoms with van der Waals surface area (Å²) in [4.78, 5) is 13.6. The predicted molar refractivity (Wildman–Crippen MR) is 121 cm³/mol. The van der Waals surface area contributed by atoms with Crippen LogP contribution >= 0.6 is 0 Å². The van der Waals surface area contributed by atoms with Crippen molar-refractivity contribution in [1.29, 1.82) is 0 Å². The highest BCUT2D eigenvalue weighted by Gasteiger charge is 2.26. The Morgan fingerprint density at radius 3 is 2.97 bits per heavy atom. The molecule has 1 saturated heterocycles. The number of nitrogen functional groups attached to an aromatic ring is 1. The Bertz CT molecular complexity index is 1150. The van der Waals surface area contributed by atoms with Gasteiger partial charge in [0, 0.05) is 47.5 Å². The molecule has 1 aromatic heterocycles. The lowest BCUT2D eigenvalue weighted by Gasteiger charge is -2.21. The Morgan fingerprint density at radius 2 is 2.20 bits per heavy atom. The van der Waals surface area contributed by atoms with Crippen LogP contribution in [0.1, 0.15) is 17.5 Å². The van der Waals surface area contributed by atoms with Crippen LogP contribution in [0.2, 0.25) is 0 Å². The van der Waals surface area contributed by atoms with E-state index in [-0.39, 0.29) is 11.9 Å². The second kappa shape index (κ2) is 7.94. The molecule has 7 nitrogen and oxygen atoms in total. The van der Waals surface area contributed by atoms with Crippen LogP contribution < -0.4 is 16.8 Å². The summed E-state index contributed by atoms with van der Waals surface area (Å²) in [5, 5.41) is 11.7. The Morgan fingerprint density at radius 1 is 1.37 bits per heavy atom. The summed E-state index contributed by atoms with van der Waals surface area (Å²) in [6.07, 6.45) is 5.55. The maximum absolute atomic E-state index is 11.9. The van der Waals surface area contributed by atoms with Crippen LogP contribution in [0, 0.1) is 6.92 Å². The fourth-order valence-electron chi connectivity index (χ4n) is 4.14. The Balaban J connectivity index is 1.67. The number of nitrogens with two attached hydrogens (primary N) is 2. The van der Waals surface area contributed by atoms with Crippen LogP contribution in [0.3, 0.4) is 0 Å². The zero-order valence-corrected chi connectivity index (χ0v) is 17.0. The molecule has 1 aliphatic heterocycles. The number of benzene rings is 2. The lowest BCUT2D eigenvalue weighted by molar-refractivity contribution is -0.125. The van der Waals surface area contributed by atoms with Crippen molar-refractivity contribution in [3.8, 4) is 11.1 Å². The standard InChI is InChI=1S/C23H26N6O/c1-3-21(30)29-10-9-15(13-29)27-20(11-24)16-5-4-6-17(23(16)25)22-14(2)7-8-19-18(22)12-26-28-19/h3-8,11-12,15,27H,1,9-10,13,24-25H2,2H3,(H,26,28)/b20-11+. The maximum Gasteiger partial charge on any atom is 0.246 e. The number of nitrogens with one attached hydrogen (secondary N) is 2. The van der Waals surface area contributed by atoms with Crippen molar-refractivity contribution in [1.82, 2.24) is 20.4 Å². The molecule has 0 saturated carbocycles. The molecule has 2 heterocycles. The number of likely N-dealkylation sites (tertiary alicyclic amines) is 1. The number of para-hydroxylation sites is 1. The van der Waals surface area contributed by atoms with E-state index in [1.54, 1.807) is 11.1 Å². The van der Waals surface area contributed by atoms with Crippen LogP contribution in [0.15, 0.2) is 55.4 Å². The minimum Gasteiger partial charge on any atom is -0.403 e. The predicted octanol–water partition coefficient (Wildman–Crippen LogP) is 2.75. The van der Waals surface area contributed by atoms with Gasteiger partial charge in [-0.05, 0) is 36.6 Å². The van der Waals surface area contributed by atoms with Crippen molar-refractivity contribution < 1.29 is 4.79 Å². The highest BCUT2D eigenvalue weighted by molar-refractivity contribution is 6.00. The van der Waals surface area contributed by atoms with E-state index in [1.165, 1.54) is 6.08 Å². The molecule has 30 heavy (non-hydrogen) atoms. The third-order valence-corrected chi connectivity index (χ3v) is 5.70. The summed E-state index contributed by atoms with van der Waals surface area (Å²) in [5.74, 6) is -0.0530. The number of hydrogen-bond acceptors (Lipinski definition) is 5. The van der Waals surface area contributed by atoms with Gasteiger partial charge in [-0.1, -0.05) is 30.8 Å². The zero-order valence-electron chi connectivity index (χ0n) is 17.0. The number of anilines is 1. The molecule has 0 aliphatic carbocycles. The van der Waals surface area contributed by atoms with E-state index in [4.69, 9.17) is 11.5 Å². The fourth-order valence-corrected chi connectivity index (χ4v) is 4.14. The highest BCUT2D eigenvalue weighted by Crippen LogP contribution is 2.37. The third-order valence-electron chi connectivity index (χ3n) is 5.70. The summed E-state index contributed by atoms with van der Waals surface area (Å²) in [7, 11) is 0. The Hall–Kier alpha value is -3.74. The van der Waals surface area contributed by atoms with Gasteiger partial charge in [0.25, 0.3) is 0 Å². The fraction of sp³-hybridized carbons (Fsp3) is 0.217. The summed E-state index contributed by atoms with van der Waals surface area (Å²) < 4.78 is 0. The van der Waals surface area contributed by atoms with E-state index in [1.807, 2.05) is 30.5 Å².